The molecule has 0 saturated carbocycles. The van der Waals surface area contributed by atoms with Crippen LogP contribution in [0, 0.1) is 0 Å². The topological polar surface area (TPSA) is 61.5 Å². The number of rotatable bonds is 6. The van der Waals surface area contributed by atoms with E-state index < -0.39 is 5.91 Å². The first-order chi connectivity index (χ1) is 11.0. The summed E-state index contributed by atoms with van der Waals surface area (Å²) in [4.78, 5) is 10.9. The van der Waals surface area contributed by atoms with Gasteiger partial charge in [0.15, 0.2) is 11.5 Å². The third-order valence-corrected chi connectivity index (χ3v) is 3.76. The Bertz CT molecular complexity index is 745. The van der Waals surface area contributed by atoms with Gasteiger partial charge in [-0.2, -0.15) is 0 Å². The van der Waals surface area contributed by atoms with Crippen molar-refractivity contribution < 1.29 is 14.3 Å². The molecular weight excluding hydrogens is 337 g/mol. The maximum atomic E-state index is 10.9. The van der Waals surface area contributed by atoms with Crippen molar-refractivity contribution in [2.24, 2.45) is 5.73 Å². The number of nitrogens with two attached hydrogens (primary N) is 1. The van der Waals surface area contributed by atoms with Gasteiger partial charge >= 0.3 is 0 Å². The van der Waals surface area contributed by atoms with E-state index in [1.807, 2.05) is 6.07 Å². The van der Waals surface area contributed by atoms with Crippen LogP contribution >= 0.6 is 23.2 Å². The SMILES string of the molecule is COc1cccc(/C=C/C(N)=O)c1OCc1ccc(Cl)c(Cl)c1. The minimum absolute atomic E-state index is 0.272. The van der Waals surface area contributed by atoms with Crippen LogP contribution in [-0.4, -0.2) is 13.0 Å². The smallest absolute Gasteiger partial charge is 0.241 e. The number of methoxy groups -OCH3 is 1. The minimum Gasteiger partial charge on any atom is -0.493 e. The van der Waals surface area contributed by atoms with Gasteiger partial charge in [0.2, 0.25) is 5.91 Å². The molecule has 6 heteroatoms. The quantitative estimate of drug-likeness (QED) is 0.797. The summed E-state index contributed by atoms with van der Waals surface area (Å²) in [5.74, 6) is 0.526. The van der Waals surface area contributed by atoms with E-state index in [2.05, 4.69) is 0 Å². The number of primary amides is 1. The molecule has 0 bridgehead atoms. The molecule has 120 valence electrons. The van der Waals surface area contributed by atoms with Crippen molar-refractivity contribution in [1.82, 2.24) is 0 Å². The molecule has 0 aliphatic rings. The van der Waals surface area contributed by atoms with Crippen LogP contribution in [0.15, 0.2) is 42.5 Å². The minimum atomic E-state index is -0.539. The first-order valence-corrected chi connectivity index (χ1v) is 7.48. The molecule has 0 aliphatic carbocycles. The number of benzene rings is 2. The predicted molar refractivity (Wildman–Crippen MR) is 92.0 cm³/mol. The van der Waals surface area contributed by atoms with E-state index in [9.17, 15) is 4.79 Å². The number of carbonyl (C=O) groups is 1. The summed E-state index contributed by atoms with van der Waals surface area (Å²) in [5, 5.41) is 0.944. The van der Waals surface area contributed by atoms with Crippen LogP contribution in [0.3, 0.4) is 0 Å². The first kappa shape index (κ1) is 17.2. The van der Waals surface area contributed by atoms with Crippen molar-refractivity contribution >= 4 is 35.2 Å². The van der Waals surface area contributed by atoms with Crippen molar-refractivity contribution in [3.05, 3.63) is 63.6 Å². The lowest BCUT2D eigenvalue weighted by molar-refractivity contribution is -0.113. The number of para-hydroxylation sites is 1. The van der Waals surface area contributed by atoms with E-state index >= 15 is 0 Å². The van der Waals surface area contributed by atoms with Crippen LogP contribution in [0.1, 0.15) is 11.1 Å². The summed E-state index contributed by atoms with van der Waals surface area (Å²) >= 11 is 11.9. The van der Waals surface area contributed by atoms with Gasteiger partial charge in [0.1, 0.15) is 6.61 Å². The normalized spacial score (nSPS) is 10.7. The Morgan fingerprint density at radius 1 is 1.22 bits per heavy atom. The lowest BCUT2D eigenvalue weighted by Gasteiger charge is -2.13. The standard InChI is InChI=1S/C17H15Cl2NO3/c1-22-15-4-2-3-12(6-8-16(20)21)17(15)23-10-11-5-7-13(18)14(19)9-11/h2-9H,10H2,1H3,(H2,20,21)/b8-6+. The summed E-state index contributed by atoms with van der Waals surface area (Å²) < 4.78 is 11.1. The number of amides is 1. The molecule has 0 heterocycles. The summed E-state index contributed by atoms with van der Waals surface area (Å²) in [6.07, 6.45) is 2.84. The van der Waals surface area contributed by atoms with Gasteiger partial charge in [-0.15, -0.1) is 0 Å². The molecule has 2 N–H and O–H groups in total. The van der Waals surface area contributed by atoms with Crippen LogP contribution in [0.2, 0.25) is 10.0 Å². The van der Waals surface area contributed by atoms with Gasteiger partial charge in [-0.1, -0.05) is 41.4 Å². The highest BCUT2D eigenvalue weighted by molar-refractivity contribution is 6.42. The van der Waals surface area contributed by atoms with Crippen molar-refractivity contribution in [2.75, 3.05) is 7.11 Å². The fourth-order valence-corrected chi connectivity index (χ4v) is 2.26. The molecular formula is C17H15Cl2NO3. The number of hydrogen-bond donors (Lipinski definition) is 1. The Morgan fingerprint density at radius 2 is 2.00 bits per heavy atom. The van der Waals surface area contributed by atoms with Gasteiger partial charge in [-0.3, -0.25) is 4.79 Å². The maximum Gasteiger partial charge on any atom is 0.241 e. The molecule has 0 saturated heterocycles. The van der Waals surface area contributed by atoms with Gasteiger partial charge < -0.3 is 15.2 Å². The van der Waals surface area contributed by atoms with Gasteiger partial charge in [0, 0.05) is 11.6 Å². The zero-order valence-corrected chi connectivity index (χ0v) is 13.9. The predicted octanol–water partition coefficient (Wildman–Crippen LogP) is 4.08. The Labute approximate surface area is 144 Å². The zero-order chi connectivity index (χ0) is 16.8. The second-order valence-electron chi connectivity index (χ2n) is 4.65. The monoisotopic (exact) mass is 351 g/mol. The number of ether oxygens (including phenoxy) is 2. The molecule has 0 unspecified atom stereocenters. The van der Waals surface area contributed by atoms with Gasteiger partial charge in [-0.05, 0) is 29.8 Å². The Morgan fingerprint density at radius 3 is 2.65 bits per heavy atom. The first-order valence-electron chi connectivity index (χ1n) is 6.72. The zero-order valence-electron chi connectivity index (χ0n) is 12.4. The third kappa shape index (κ3) is 4.65. The summed E-state index contributed by atoms with van der Waals surface area (Å²) in [5.41, 5.74) is 6.67. The van der Waals surface area contributed by atoms with Crippen LogP contribution in [0.5, 0.6) is 11.5 Å². The van der Waals surface area contributed by atoms with E-state index in [0.717, 1.165) is 5.56 Å². The maximum absolute atomic E-state index is 10.9. The molecule has 0 atom stereocenters. The van der Waals surface area contributed by atoms with Gasteiger partial charge in [0.05, 0.1) is 17.2 Å². The van der Waals surface area contributed by atoms with Gasteiger partial charge in [-0.25, -0.2) is 0 Å². The highest BCUT2D eigenvalue weighted by atomic mass is 35.5. The van der Waals surface area contributed by atoms with Crippen LogP contribution in [0.25, 0.3) is 6.08 Å². The van der Waals surface area contributed by atoms with Crippen LogP contribution < -0.4 is 15.2 Å². The van der Waals surface area contributed by atoms with Crippen molar-refractivity contribution in [1.29, 1.82) is 0 Å². The summed E-state index contributed by atoms with van der Waals surface area (Å²) in [6, 6.07) is 10.6. The second kappa shape index (κ2) is 7.90. The molecule has 23 heavy (non-hydrogen) atoms. The molecule has 0 fully saturated rings. The lowest BCUT2D eigenvalue weighted by atomic mass is 10.1. The third-order valence-electron chi connectivity index (χ3n) is 3.02. The highest BCUT2D eigenvalue weighted by Crippen LogP contribution is 2.33. The van der Waals surface area contributed by atoms with E-state index in [4.69, 9.17) is 38.4 Å². The molecule has 0 radical (unpaired) electrons. The molecule has 0 aromatic heterocycles. The van der Waals surface area contributed by atoms with Crippen LogP contribution in [-0.2, 0) is 11.4 Å². The molecule has 2 aromatic rings. The molecule has 2 rings (SSSR count). The molecule has 0 spiro atoms. The van der Waals surface area contributed by atoms with E-state index in [0.29, 0.717) is 27.1 Å². The second-order valence-corrected chi connectivity index (χ2v) is 5.47. The Hall–Kier alpha value is -2.17. The molecule has 0 aliphatic heterocycles. The van der Waals surface area contributed by atoms with Gasteiger partial charge in [0.25, 0.3) is 0 Å². The van der Waals surface area contributed by atoms with Crippen molar-refractivity contribution in [3.8, 4) is 11.5 Å². The van der Waals surface area contributed by atoms with Crippen LogP contribution in [0.4, 0.5) is 0 Å². The average Bonchev–Trinajstić information content (AvgIpc) is 2.54. The lowest BCUT2D eigenvalue weighted by Crippen LogP contribution is -2.05. The molecule has 4 nitrogen and oxygen atoms in total. The molecule has 1 amide bonds. The summed E-state index contributed by atoms with van der Waals surface area (Å²) in [6.45, 7) is 0.272. The Balaban J connectivity index is 2.26. The van der Waals surface area contributed by atoms with E-state index in [1.165, 1.54) is 6.08 Å². The fraction of sp³-hybridized carbons (Fsp3) is 0.118. The van der Waals surface area contributed by atoms with Crippen molar-refractivity contribution in [2.45, 2.75) is 6.61 Å². The van der Waals surface area contributed by atoms with Crippen molar-refractivity contribution in [3.63, 3.8) is 0 Å². The largest absolute Gasteiger partial charge is 0.493 e. The highest BCUT2D eigenvalue weighted by Gasteiger charge is 2.10. The number of halogens is 2. The average molecular weight is 352 g/mol. The molecule has 2 aromatic carbocycles. The number of hydrogen-bond acceptors (Lipinski definition) is 3. The number of carbonyl (C=O) groups excluding carboxylic acids is 1. The summed E-state index contributed by atoms with van der Waals surface area (Å²) in [7, 11) is 1.54. The van der Waals surface area contributed by atoms with E-state index in [1.54, 1.807) is 43.5 Å². The van der Waals surface area contributed by atoms with E-state index in [-0.39, 0.29) is 6.61 Å². The Kier molecular flexibility index (Phi) is 5.90. The fourth-order valence-electron chi connectivity index (χ4n) is 1.94.